The van der Waals surface area contributed by atoms with Gasteiger partial charge in [-0.1, -0.05) is 50.5 Å². The first-order valence-electron chi connectivity index (χ1n) is 13.7. The highest BCUT2D eigenvalue weighted by atomic mass is 32.2. The minimum Gasteiger partial charge on any atom is -0.486 e. The van der Waals surface area contributed by atoms with Crippen LogP contribution in [-0.4, -0.2) is 73.4 Å². The number of hydrogen-bond donors (Lipinski definition) is 2. The molecular formula is C29H39N3O6S. The maximum absolute atomic E-state index is 13.7. The van der Waals surface area contributed by atoms with Gasteiger partial charge in [-0.25, -0.2) is 8.42 Å². The zero-order valence-electron chi connectivity index (χ0n) is 22.9. The summed E-state index contributed by atoms with van der Waals surface area (Å²) < 4.78 is 34.3. The molecule has 1 saturated carbocycles. The van der Waals surface area contributed by atoms with E-state index in [0.717, 1.165) is 32.1 Å². The van der Waals surface area contributed by atoms with Crippen molar-refractivity contribution in [1.29, 1.82) is 0 Å². The number of aliphatic hydroxyl groups is 1. The first-order valence-corrected chi connectivity index (χ1v) is 15.1. The Morgan fingerprint density at radius 3 is 2.49 bits per heavy atom. The summed E-state index contributed by atoms with van der Waals surface area (Å²) in [5.41, 5.74) is 0.655. The van der Waals surface area contributed by atoms with Crippen molar-refractivity contribution in [2.45, 2.75) is 63.0 Å². The van der Waals surface area contributed by atoms with E-state index in [1.54, 1.807) is 60.4 Å². The molecule has 39 heavy (non-hydrogen) atoms. The van der Waals surface area contributed by atoms with Gasteiger partial charge in [0.25, 0.3) is 5.91 Å². The SMILES string of the molecule is C[C@@H]1CN([C@H](C)CO)C(=O)c2cccc(NC(=O)C3CCCCC3)c2O[C@H]1CN(C)S(=O)(=O)c1ccccc1. The van der Waals surface area contributed by atoms with Gasteiger partial charge < -0.3 is 20.1 Å². The van der Waals surface area contributed by atoms with Crippen molar-refractivity contribution in [2.75, 3.05) is 32.1 Å². The van der Waals surface area contributed by atoms with Gasteiger partial charge in [-0.05, 0) is 44.0 Å². The van der Waals surface area contributed by atoms with Gasteiger partial charge in [-0.3, -0.25) is 9.59 Å². The molecule has 2 aromatic rings. The smallest absolute Gasteiger partial charge is 0.258 e. The summed E-state index contributed by atoms with van der Waals surface area (Å²) in [4.78, 5) is 28.6. The van der Waals surface area contributed by atoms with Crippen LogP contribution in [0.3, 0.4) is 0 Å². The fourth-order valence-corrected chi connectivity index (χ4v) is 6.49. The fraction of sp³-hybridized carbons (Fsp3) is 0.517. The van der Waals surface area contributed by atoms with Crippen LogP contribution < -0.4 is 10.1 Å². The number of hydrogen-bond acceptors (Lipinski definition) is 6. The monoisotopic (exact) mass is 557 g/mol. The molecule has 0 aromatic heterocycles. The van der Waals surface area contributed by atoms with E-state index in [1.165, 1.54) is 11.4 Å². The van der Waals surface area contributed by atoms with Gasteiger partial charge in [0.2, 0.25) is 15.9 Å². The summed E-state index contributed by atoms with van der Waals surface area (Å²) in [7, 11) is -2.28. The van der Waals surface area contributed by atoms with E-state index in [1.807, 2.05) is 6.92 Å². The molecule has 3 atom stereocenters. The zero-order chi connectivity index (χ0) is 28.2. The zero-order valence-corrected chi connectivity index (χ0v) is 23.7. The average Bonchev–Trinajstić information content (AvgIpc) is 2.95. The van der Waals surface area contributed by atoms with E-state index in [9.17, 15) is 23.1 Å². The quantitative estimate of drug-likeness (QED) is 0.511. The molecule has 1 aliphatic carbocycles. The number of nitrogens with zero attached hydrogens (tertiary/aromatic N) is 2. The summed E-state index contributed by atoms with van der Waals surface area (Å²) in [5.74, 6) is -0.567. The normalized spacial score (nSPS) is 21.5. The van der Waals surface area contributed by atoms with Crippen LogP contribution in [0.1, 0.15) is 56.3 Å². The molecule has 0 unspecified atom stereocenters. The Bertz CT molecular complexity index is 1260. The lowest BCUT2D eigenvalue weighted by Crippen LogP contribution is -2.50. The van der Waals surface area contributed by atoms with Crippen molar-refractivity contribution in [3.8, 4) is 5.75 Å². The van der Waals surface area contributed by atoms with E-state index >= 15 is 0 Å². The molecule has 0 saturated heterocycles. The number of carbonyl (C=O) groups is 2. The lowest BCUT2D eigenvalue weighted by atomic mass is 9.88. The molecule has 10 heteroatoms. The maximum Gasteiger partial charge on any atom is 0.258 e. The molecule has 9 nitrogen and oxygen atoms in total. The van der Waals surface area contributed by atoms with Gasteiger partial charge in [0.1, 0.15) is 6.10 Å². The summed E-state index contributed by atoms with van der Waals surface area (Å²) in [6, 6.07) is 12.8. The van der Waals surface area contributed by atoms with Gasteiger partial charge in [0.05, 0.1) is 35.3 Å². The molecule has 2 aromatic carbocycles. The van der Waals surface area contributed by atoms with Crippen LogP contribution in [0.5, 0.6) is 5.75 Å². The molecule has 1 aliphatic heterocycles. The van der Waals surface area contributed by atoms with E-state index in [2.05, 4.69) is 5.32 Å². The molecule has 212 valence electrons. The molecule has 4 rings (SSSR count). The number of carbonyl (C=O) groups excluding carboxylic acids is 2. The largest absolute Gasteiger partial charge is 0.486 e. The summed E-state index contributed by atoms with van der Waals surface area (Å²) in [6.07, 6.45) is 4.15. The Hall–Kier alpha value is -2.95. The van der Waals surface area contributed by atoms with E-state index < -0.39 is 22.2 Å². The van der Waals surface area contributed by atoms with Crippen molar-refractivity contribution in [2.24, 2.45) is 11.8 Å². The molecule has 0 spiro atoms. The summed E-state index contributed by atoms with van der Waals surface area (Å²) in [5, 5.41) is 12.9. The number of anilines is 1. The van der Waals surface area contributed by atoms with Crippen LogP contribution in [0.15, 0.2) is 53.4 Å². The van der Waals surface area contributed by atoms with Gasteiger partial charge in [-0.2, -0.15) is 4.31 Å². The number of fused-ring (bicyclic) bond motifs is 1. The van der Waals surface area contributed by atoms with Crippen molar-refractivity contribution in [3.63, 3.8) is 0 Å². The van der Waals surface area contributed by atoms with Gasteiger partial charge >= 0.3 is 0 Å². The van der Waals surface area contributed by atoms with Crippen molar-refractivity contribution >= 4 is 27.5 Å². The second kappa shape index (κ2) is 12.5. The number of amides is 2. The minimum atomic E-state index is -3.79. The molecule has 2 N–H and O–H groups in total. The number of likely N-dealkylation sites (N-methyl/N-ethyl adjacent to an activating group) is 1. The lowest BCUT2D eigenvalue weighted by Gasteiger charge is -2.38. The Balaban J connectivity index is 1.69. The Labute approximate surface area is 231 Å². The van der Waals surface area contributed by atoms with E-state index in [-0.39, 0.29) is 59.6 Å². The molecule has 2 amide bonds. The number of benzene rings is 2. The Morgan fingerprint density at radius 2 is 1.82 bits per heavy atom. The van der Waals surface area contributed by atoms with Crippen LogP contribution in [0, 0.1) is 11.8 Å². The molecule has 0 radical (unpaired) electrons. The third-order valence-corrected chi connectivity index (χ3v) is 9.65. The summed E-state index contributed by atoms with van der Waals surface area (Å²) >= 11 is 0. The number of nitrogens with one attached hydrogen (secondary N) is 1. The third kappa shape index (κ3) is 6.45. The van der Waals surface area contributed by atoms with Crippen molar-refractivity contribution in [3.05, 3.63) is 54.1 Å². The number of ether oxygens (including phenoxy) is 1. The Kier molecular flexibility index (Phi) is 9.30. The average molecular weight is 558 g/mol. The van der Waals surface area contributed by atoms with Crippen LogP contribution in [0.4, 0.5) is 5.69 Å². The standard InChI is InChI=1S/C29H39N3O6S/c1-20-17-32(21(2)19-33)29(35)24-15-10-16-25(30-28(34)22-11-6-4-7-12-22)27(24)38-26(20)18-31(3)39(36,37)23-13-8-5-9-14-23/h5,8-10,13-16,20-22,26,33H,4,6-7,11-12,17-19H2,1-3H3,(H,30,34)/t20-,21-,26+/m1/s1. The molecule has 2 aliphatic rings. The second-order valence-corrected chi connectivity index (χ2v) is 12.8. The van der Waals surface area contributed by atoms with Gasteiger partial charge in [-0.15, -0.1) is 0 Å². The number of sulfonamides is 1. The second-order valence-electron chi connectivity index (χ2n) is 10.7. The number of rotatable bonds is 8. The summed E-state index contributed by atoms with van der Waals surface area (Å²) in [6.45, 7) is 3.73. The molecule has 1 heterocycles. The topological polar surface area (TPSA) is 116 Å². The molecule has 0 bridgehead atoms. The highest BCUT2D eigenvalue weighted by Crippen LogP contribution is 2.36. The first kappa shape index (κ1) is 29.0. The fourth-order valence-electron chi connectivity index (χ4n) is 5.28. The van der Waals surface area contributed by atoms with Crippen LogP contribution in [0.2, 0.25) is 0 Å². The number of aliphatic hydroxyl groups excluding tert-OH is 1. The first-order chi connectivity index (χ1) is 18.6. The Morgan fingerprint density at radius 1 is 1.13 bits per heavy atom. The maximum atomic E-state index is 13.7. The third-order valence-electron chi connectivity index (χ3n) is 7.81. The minimum absolute atomic E-state index is 0.0261. The van der Waals surface area contributed by atoms with Gasteiger partial charge in [0.15, 0.2) is 5.75 Å². The van der Waals surface area contributed by atoms with Crippen molar-refractivity contribution < 1.29 is 27.9 Å². The lowest BCUT2D eigenvalue weighted by molar-refractivity contribution is -0.120. The van der Waals surface area contributed by atoms with E-state index in [4.69, 9.17) is 4.74 Å². The highest BCUT2D eigenvalue weighted by molar-refractivity contribution is 7.89. The van der Waals surface area contributed by atoms with Crippen LogP contribution in [-0.2, 0) is 14.8 Å². The van der Waals surface area contributed by atoms with Crippen LogP contribution in [0.25, 0.3) is 0 Å². The van der Waals surface area contributed by atoms with Crippen LogP contribution >= 0.6 is 0 Å². The van der Waals surface area contributed by atoms with Crippen molar-refractivity contribution in [1.82, 2.24) is 9.21 Å². The predicted molar refractivity (Wildman–Crippen MR) is 149 cm³/mol. The van der Waals surface area contributed by atoms with Gasteiger partial charge in [0, 0.05) is 25.4 Å². The molecule has 1 fully saturated rings. The molecular weight excluding hydrogens is 518 g/mol. The predicted octanol–water partition coefficient (Wildman–Crippen LogP) is 3.75. The van der Waals surface area contributed by atoms with E-state index in [0.29, 0.717) is 5.69 Å². The number of para-hydroxylation sites is 1. The highest BCUT2D eigenvalue weighted by Gasteiger charge is 2.36.